The molecule has 0 saturated heterocycles. The van der Waals surface area contributed by atoms with Gasteiger partial charge in [0.1, 0.15) is 11.8 Å². The van der Waals surface area contributed by atoms with E-state index in [0.29, 0.717) is 12.8 Å². The Hall–Kier alpha value is -3.46. The van der Waals surface area contributed by atoms with Crippen molar-refractivity contribution in [2.75, 3.05) is 4.90 Å². The quantitative estimate of drug-likeness (QED) is 0.562. The van der Waals surface area contributed by atoms with E-state index < -0.39 is 5.54 Å². The van der Waals surface area contributed by atoms with Crippen LogP contribution < -0.4 is 4.90 Å². The Kier molecular flexibility index (Phi) is 4.39. The summed E-state index contributed by atoms with van der Waals surface area (Å²) in [6, 6.07) is 26.0. The molecule has 0 fully saturated rings. The third-order valence-electron chi connectivity index (χ3n) is 6.41. The average molecular weight is 393 g/mol. The molecule has 0 unspecified atom stereocenters. The number of aldehydes is 1. The van der Waals surface area contributed by atoms with Crippen LogP contribution in [0, 0.1) is 6.92 Å². The fourth-order valence-corrected chi connectivity index (χ4v) is 5.13. The molecule has 0 amide bonds. The van der Waals surface area contributed by atoms with Crippen LogP contribution in [-0.4, -0.2) is 18.1 Å². The molecular formula is C27H23NO2. The van der Waals surface area contributed by atoms with E-state index in [4.69, 9.17) is 0 Å². The summed E-state index contributed by atoms with van der Waals surface area (Å²) in [5.74, 6) is 0.114. The second-order valence-corrected chi connectivity index (χ2v) is 8.09. The van der Waals surface area contributed by atoms with Crippen LogP contribution in [0.3, 0.4) is 0 Å². The minimum absolute atomic E-state index is 0.114. The van der Waals surface area contributed by atoms with Crippen molar-refractivity contribution in [3.8, 4) is 0 Å². The highest BCUT2D eigenvalue weighted by Gasteiger charge is 2.56. The van der Waals surface area contributed by atoms with Crippen molar-refractivity contribution in [2.24, 2.45) is 0 Å². The summed E-state index contributed by atoms with van der Waals surface area (Å²) in [5, 5.41) is 0. The van der Waals surface area contributed by atoms with Gasteiger partial charge in [0.05, 0.1) is 6.04 Å². The third kappa shape index (κ3) is 2.58. The smallest absolute Gasteiger partial charge is 0.195 e. The van der Waals surface area contributed by atoms with Crippen molar-refractivity contribution in [1.82, 2.24) is 0 Å². The van der Waals surface area contributed by atoms with Gasteiger partial charge < -0.3 is 9.69 Å². The standard InChI is InChI=1S/C27H23NO2/c1-19-8-7-11-21(18-19)27-16-14-22(20-9-3-2-4-10-20)25(15-17-29)28(27)24-13-6-5-12-23(24)26(27)30/h2-14,17-18,25H,15-16H2,1H3/t25-,27-/m1/s1. The van der Waals surface area contributed by atoms with Crippen LogP contribution in [0.15, 0.2) is 84.9 Å². The predicted octanol–water partition coefficient (Wildman–Crippen LogP) is 5.34. The Morgan fingerprint density at radius 3 is 2.53 bits per heavy atom. The Morgan fingerprint density at radius 1 is 1.00 bits per heavy atom. The first kappa shape index (κ1) is 18.6. The fraction of sp³-hybridized carbons (Fsp3) is 0.185. The van der Waals surface area contributed by atoms with Crippen LogP contribution in [0.5, 0.6) is 0 Å². The monoisotopic (exact) mass is 393 g/mol. The number of para-hydroxylation sites is 1. The molecule has 3 aromatic rings. The second-order valence-electron chi connectivity index (χ2n) is 8.09. The third-order valence-corrected chi connectivity index (χ3v) is 6.41. The molecule has 0 spiro atoms. The highest BCUT2D eigenvalue weighted by molar-refractivity contribution is 6.15. The van der Waals surface area contributed by atoms with E-state index in [1.165, 1.54) is 0 Å². The highest BCUT2D eigenvalue weighted by Crippen LogP contribution is 2.53. The van der Waals surface area contributed by atoms with E-state index in [2.05, 4.69) is 29.2 Å². The summed E-state index contributed by atoms with van der Waals surface area (Å²) >= 11 is 0. The normalized spacial score (nSPS) is 22.3. The molecule has 2 aliphatic heterocycles. The van der Waals surface area contributed by atoms with Crippen molar-refractivity contribution in [3.63, 3.8) is 0 Å². The average Bonchev–Trinajstić information content (AvgIpc) is 3.05. The Labute approximate surface area is 176 Å². The summed E-state index contributed by atoms with van der Waals surface area (Å²) in [7, 11) is 0. The highest BCUT2D eigenvalue weighted by atomic mass is 16.1. The maximum atomic E-state index is 13.9. The van der Waals surface area contributed by atoms with Crippen molar-refractivity contribution in [3.05, 3.63) is 107 Å². The van der Waals surface area contributed by atoms with E-state index in [0.717, 1.165) is 39.8 Å². The van der Waals surface area contributed by atoms with Gasteiger partial charge in [0, 0.05) is 24.1 Å². The number of benzene rings is 3. The molecule has 3 heteroatoms. The van der Waals surface area contributed by atoms with E-state index in [1.807, 2.05) is 67.6 Å². The predicted molar refractivity (Wildman–Crippen MR) is 120 cm³/mol. The van der Waals surface area contributed by atoms with Gasteiger partial charge in [-0.25, -0.2) is 0 Å². The molecule has 30 heavy (non-hydrogen) atoms. The first-order chi connectivity index (χ1) is 14.7. The van der Waals surface area contributed by atoms with Crippen LogP contribution in [0.25, 0.3) is 5.57 Å². The number of ketones is 1. The van der Waals surface area contributed by atoms with Gasteiger partial charge in [-0.2, -0.15) is 0 Å². The van der Waals surface area contributed by atoms with E-state index in [1.54, 1.807) is 0 Å². The van der Waals surface area contributed by atoms with Gasteiger partial charge in [0.15, 0.2) is 5.78 Å². The molecule has 5 rings (SSSR count). The van der Waals surface area contributed by atoms with Crippen LogP contribution >= 0.6 is 0 Å². The Balaban J connectivity index is 1.78. The molecule has 148 valence electrons. The summed E-state index contributed by atoms with van der Waals surface area (Å²) in [4.78, 5) is 27.9. The van der Waals surface area contributed by atoms with Crippen LogP contribution in [0.2, 0.25) is 0 Å². The van der Waals surface area contributed by atoms with Gasteiger partial charge in [-0.3, -0.25) is 4.79 Å². The number of Topliss-reactive ketones (excluding diaryl/α,β-unsaturated/α-hetero) is 1. The number of rotatable bonds is 4. The molecule has 0 N–H and O–H groups in total. The van der Waals surface area contributed by atoms with Gasteiger partial charge in [-0.1, -0.05) is 78.4 Å². The zero-order valence-electron chi connectivity index (χ0n) is 16.9. The maximum absolute atomic E-state index is 13.9. The Bertz CT molecular complexity index is 1160. The molecule has 2 heterocycles. The van der Waals surface area contributed by atoms with E-state index >= 15 is 0 Å². The van der Waals surface area contributed by atoms with Gasteiger partial charge in [0.2, 0.25) is 0 Å². The molecule has 2 aliphatic rings. The molecule has 3 aromatic carbocycles. The molecule has 0 radical (unpaired) electrons. The van der Waals surface area contributed by atoms with E-state index in [-0.39, 0.29) is 11.8 Å². The zero-order valence-corrected chi connectivity index (χ0v) is 16.9. The first-order valence-electron chi connectivity index (χ1n) is 10.4. The number of carbonyl (C=O) groups is 2. The van der Waals surface area contributed by atoms with Crippen molar-refractivity contribution >= 4 is 23.3 Å². The van der Waals surface area contributed by atoms with Crippen LogP contribution in [0.1, 0.15) is 39.9 Å². The minimum atomic E-state index is -0.818. The van der Waals surface area contributed by atoms with Crippen molar-refractivity contribution in [1.29, 1.82) is 0 Å². The lowest BCUT2D eigenvalue weighted by Gasteiger charge is -2.47. The molecular weight excluding hydrogens is 370 g/mol. The number of nitrogens with zero attached hydrogens (tertiary/aromatic N) is 1. The van der Waals surface area contributed by atoms with Gasteiger partial charge >= 0.3 is 0 Å². The van der Waals surface area contributed by atoms with Crippen LogP contribution in [0.4, 0.5) is 5.69 Å². The molecule has 0 bridgehead atoms. The minimum Gasteiger partial charge on any atom is -0.346 e. The van der Waals surface area contributed by atoms with Gasteiger partial charge in [-0.05, 0) is 35.8 Å². The number of hydrogen-bond donors (Lipinski definition) is 0. The summed E-state index contributed by atoms with van der Waals surface area (Å²) in [6.45, 7) is 2.05. The Morgan fingerprint density at radius 2 is 1.77 bits per heavy atom. The second kappa shape index (κ2) is 7.10. The number of fused-ring (bicyclic) bond motifs is 3. The van der Waals surface area contributed by atoms with Gasteiger partial charge in [-0.15, -0.1) is 0 Å². The molecule has 0 aromatic heterocycles. The van der Waals surface area contributed by atoms with Gasteiger partial charge in [0.25, 0.3) is 0 Å². The molecule has 2 atom stereocenters. The van der Waals surface area contributed by atoms with Crippen molar-refractivity contribution < 1.29 is 9.59 Å². The van der Waals surface area contributed by atoms with Crippen LogP contribution in [-0.2, 0) is 10.3 Å². The SMILES string of the molecule is Cc1cccc([C@@]23CC=C(c4ccccc4)[C@@H](CC=O)N2c2ccccc2C3=O)c1. The lowest BCUT2D eigenvalue weighted by atomic mass is 9.75. The lowest BCUT2D eigenvalue weighted by Crippen LogP contribution is -2.55. The number of hydrogen-bond acceptors (Lipinski definition) is 3. The number of anilines is 1. The lowest BCUT2D eigenvalue weighted by molar-refractivity contribution is -0.108. The molecule has 0 saturated carbocycles. The zero-order chi connectivity index (χ0) is 20.7. The molecule has 3 nitrogen and oxygen atoms in total. The number of carbonyl (C=O) groups excluding carboxylic acids is 2. The summed E-state index contributed by atoms with van der Waals surface area (Å²) in [5.41, 5.74) is 5.14. The largest absolute Gasteiger partial charge is 0.346 e. The topological polar surface area (TPSA) is 37.4 Å². The fourth-order valence-electron chi connectivity index (χ4n) is 5.13. The van der Waals surface area contributed by atoms with Crippen molar-refractivity contribution in [2.45, 2.75) is 31.3 Å². The van der Waals surface area contributed by atoms with E-state index in [9.17, 15) is 9.59 Å². The number of aryl methyl sites for hydroxylation is 1. The molecule has 0 aliphatic carbocycles. The first-order valence-corrected chi connectivity index (χ1v) is 10.4. The summed E-state index contributed by atoms with van der Waals surface area (Å²) < 4.78 is 0. The summed E-state index contributed by atoms with van der Waals surface area (Å²) in [6.07, 6.45) is 4.05. The maximum Gasteiger partial charge on any atom is 0.195 e.